The van der Waals surface area contributed by atoms with Crippen LogP contribution in [0, 0.1) is 0 Å². The first-order chi connectivity index (χ1) is 50.2. The molecule has 2 heterocycles. The monoisotopic (exact) mass is 1580 g/mol. The average Bonchev–Trinajstić information content (AvgIpc) is 1.59. The van der Waals surface area contributed by atoms with E-state index < -0.39 is 111 Å². The lowest BCUT2D eigenvalue weighted by molar-refractivity contribution is -0.438. The molecule has 590 valence electrons. The summed E-state index contributed by atoms with van der Waals surface area (Å²) in [5.41, 5.74) is 7.77. The van der Waals surface area contributed by atoms with Gasteiger partial charge in [0, 0.05) is 86.2 Å². The standard InChI is InChI=1S/C71H97N7O25S4/c1-70(2)53-45-51(106(96,97)98)32-35-58(53)77(42-15-7-10-24-63(80)72-40-13-11-21-55(67(84)85)74-64(81)25-9-6-5-8-23-62(79)73-41-14-12-22-56(68(86)87)75-103-76-57(69(88)89)34-39-65(82)83)60(70)37-26-47-19-18-20-48(66(47)102-49-28-30-50(31-29-49)105(93,94)95)27-38-61-71(3,4)54-46-52(107(99,100)101)33-36-59(54)78(61)43-16-17-44-104(90,91)92/h26-33,35-38,45-46,55-57,75-76H,5-25,34,39-44H2,1-4H3,(H10-,72,73,74,79,80,81,82,83,84,85,86,87,88,89,90,91,92,93,94,95,96,97,98,99,100,101)/p+1/t55?,56-,57?/m0/s1. The van der Waals surface area contributed by atoms with Gasteiger partial charge in [-0.3, -0.25) is 47.0 Å². The van der Waals surface area contributed by atoms with Crippen LogP contribution in [-0.2, 0) is 89.8 Å². The van der Waals surface area contributed by atoms with Crippen molar-refractivity contribution in [3.8, 4) is 5.75 Å². The Morgan fingerprint density at radius 3 is 1.62 bits per heavy atom. The predicted molar refractivity (Wildman–Crippen MR) is 391 cm³/mol. The van der Waals surface area contributed by atoms with Gasteiger partial charge in [-0.1, -0.05) is 32.8 Å². The smallest absolute Gasteiger partial charge is 0.326 e. The summed E-state index contributed by atoms with van der Waals surface area (Å²) in [6, 6.07) is 9.99. The topological polar surface area (TPSA) is 503 Å². The van der Waals surface area contributed by atoms with Gasteiger partial charge >= 0.3 is 23.9 Å². The number of fused-ring (bicyclic) bond motifs is 2. The van der Waals surface area contributed by atoms with E-state index in [0.717, 1.165) is 5.71 Å². The van der Waals surface area contributed by atoms with Gasteiger partial charge in [-0.15, -0.1) is 0 Å². The van der Waals surface area contributed by atoms with Crippen molar-refractivity contribution in [1.29, 1.82) is 0 Å². The Balaban J connectivity index is 1.03. The van der Waals surface area contributed by atoms with E-state index in [0.29, 0.717) is 148 Å². The molecule has 36 heteroatoms. The zero-order valence-electron chi connectivity index (χ0n) is 60.2. The molecule has 3 aliphatic rings. The number of nitrogens with one attached hydrogen (secondary N) is 5. The van der Waals surface area contributed by atoms with E-state index in [1.165, 1.54) is 48.5 Å². The minimum absolute atomic E-state index is 0.0728. The van der Waals surface area contributed by atoms with Crippen molar-refractivity contribution in [2.45, 2.75) is 219 Å². The van der Waals surface area contributed by atoms with Gasteiger partial charge in [0.1, 0.15) is 36.2 Å². The van der Waals surface area contributed by atoms with Crippen LogP contribution in [0.15, 0.2) is 122 Å². The second kappa shape index (κ2) is 39.7. The molecule has 3 aromatic carbocycles. The summed E-state index contributed by atoms with van der Waals surface area (Å²) < 4.78 is 145. The first-order valence-electron chi connectivity index (χ1n) is 35.3. The summed E-state index contributed by atoms with van der Waals surface area (Å²) in [5.74, 6) is -5.81. The van der Waals surface area contributed by atoms with Crippen molar-refractivity contribution in [3.63, 3.8) is 0 Å². The maximum atomic E-state index is 13.0. The molecule has 0 aromatic heterocycles. The Bertz CT molecular complexity index is 4360. The minimum atomic E-state index is -4.63. The average molecular weight is 1580 g/mol. The highest BCUT2D eigenvalue weighted by Crippen LogP contribution is 2.49. The molecule has 107 heavy (non-hydrogen) atoms. The molecule has 0 bridgehead atoms. The number of benzene rings is 3. The number of ether oxygens (including phenoxy) is 1. The van der Waals surface area contributed by atoms with Crippen LogP contribution in [0.25, 0.3) is 0 Å². The summed E-state index contributed by atoms with van der Waals surface area (Å²) in [6.45, 7) is 8.76. The molecule has 3 atom stereocenters. The molecule has 3 aromatic rings. The Kier molecular flexibility index (Phi) is 32.5. The van der Waals surface area contributed by atoms with Crippen molar-refractivity contribution < 1.29 is 120 Å². The number of carbonyl (C=O) groups is 7. The van der Waals surface area contributed by atoms with E-state index in [4.69, 9.17) is 14.8 Å². The highest BCUT2D eigenvalue weighted by molar-refractivity contribution is 7.86. The molecule has 3 amide bonds. The van der Waals surface area contributed by atoms with Gasteiger partial charge in [0.2, 0.25) is 23.4 Å². The number of rotatable bonds is 47. The molecule has 2 unspecified atom stereocenters. The van der Waals surface area contributed by atoms with Gasteiger partial charge in [0.15, 0.2) is 5.71 Å². The first-order valence-corrected chi connectivity index (χ1v) is 41.2. The van der Waals surface area contributed by atoms with Gasteiger partial charge < -0.3 is 46.0 Å². The third kappa shape index (κ3) is 27.1. The third-order valence-electron chi connectivity index (χ3n) is 18.7. The fraction of sp³-hybridized carbons (Fsp3) is 0.521. The third-order valence-corrected chi connectivity index (χ3v) is 22.0. The number of hydrogen-bond acceptors (Lipinski definition) is 20. The number of unbranched alkanes of at least 4 members (excludes halogenated alkanes) is 8. The van der Waals surface area contributed by atoms with E-state index in [-0.39, 0.29) is 96.8 Å². The predicted octanol–water partition coefficient (Wildman–Crippen LogP) is 7.99. The second-order valence-corrected chi connectivity index (χ2v) is 33.3. The van der Waals surface area contributed by atoms with Gasteiger partial charge in [0.25, 0.3) is 40.5 Å². The highest BCUT2D eigenvalue weighted by atomic mass is 32.2. The molecule has 6 rings (SSSR count). The summed E-state index contributed by atoms with van der Waals surface area (Å²) in [7, 11) is -18.1. The number of hydrogen-bond donors (Lipinski definition) is 13. The van der Waals surface area contributed by atoms with Crippen LogP contribution < -0.4 is 36.5 Å². The lowest BCUT2D eigenvalue weighted by atomic mass is 9.81. The number of aliphatic carboxylic acids is 4. The minimum Gasteiger partial charge on any atom is -0.481 e. The maximum Gasteiger partial charge on any atom is 0.326 e. The van der Waals surface area contributed by atoms with Crippen LogP contribution in [0.2, 0.25) is 0 Å². The van der Waals surface area contributed by atoms with Gasteiger partial charge in [0.05, 0.1) is 25.9 Å². The number of carbonyl (C=O) groups excluding carboxylic acids is 3. The number of amides is 3. The normalized spacial score (nSPS) is 16.7. The number of anilines is 1. The van der Waals surface area contributed by atoms with Crippen molar-refractivity contribution in [3.05, 3.63) is 119 Å². The molecule has 2 aliphatic heterocycles. The van der Waals surface area contributed by atoms with E-state index >= 15 is 0 Å². The fourth-order valence-corrected chi connectivity index (χ4v) is 14.9. The van der Waals surface area contributed by atoms with E-state index in [1.54, 1.807) is 12.1 Å². The van der Waals surface area contributed by atoms with Crippen LogP contribution in [0.4, 0.5) is 11.4 Å². The van der Waals surface area contributed by atoms with E-state index in [1.807, 2.05) is 61.5 Å². The lowest BCUT2D eigenvalue weighted by Crippen LogP contribution is -2.45. The van der Waals surface area contributed by atoms with Crippen molar-refractivity contribution >= 4 is 99.2 Å². The van der Waals surface area contributed by atoms with E-state index in [2.05, 4.69) is 26.9 Å². The molecule has 0 saturated carbocycles. The number of carboxylic acids is 4. The summed E-state index contributed by atoms with van der Waals surface area (Å²) in [6.07, 6.45) is 14.9. The molecule has 0 fully saturated rings. The van der Waals surface area contributed by atoms with Gasteiger partial charge in [-0.05, 0) is 200 Å². The Morgan fingerprint density at radius 2 is 1.07 bits per heavy atom. The number of hydroxylamine groups is 2. The van der Waals surface area contributed by atoms with Crippen molar-refractivity contribution in [2.75, 3.05) is 36.8 Å². The number of allylic oxidation sites excluding steroid dienone is 7. The van der Waals surface area contributed by atoms with Crippen LogP contribution in [-0.4, -0.2) is 174 Å². The van der Waals surface area contributed by atoms with Crippen molar-refractivity contribution in [1.82, 2.24) is 26.9 Å². The maximum absolute atomic E-state index is 13.0. The second-order valence-electron chi connectivity index (χ2n) is 27.5. The van der Waals surface area contributed by atoms with Crippen LogP contribution in [0.5, 0.6) is 5.75 Å². The number of carboxylic acid groups (broad SMARTS) is 4. The molecule has 32 nitrogen and oxygen atoms in total. The molecule has 0 spiro atoms. The Hall–Kier alpha value is -8.30. The molecule has 1 aliphatic carbocycles. The van der Waals surface area contributed by atoms with Crippen LogP contribution in [0.1, 0.15) is 187 Å². The Labute approximate surface area is 623 Å². The number of nitrogens with zero attached hydrogens (tertiary/aromatic N) is 2. The van der Waals surface area contributed by atoms with Crippen molar-refractivity contribution in [2.24, 2.45) is 0 Å². The van der Waals surface area contributed by atoms with Gasteiger partial charge in [-0.25, -0.2) is 9.73 Å². The largest absolute Gasteiger partial charge is 0.481 e. The van der Waals surface area contributed by atoms with Crippen LogP contribution >= 0.6 is 0 Å². The quantitative estimate of drug-likeness (QED) is 0.0110. The van der Waals surface area contributed by atoms with Gasteiger partial charge in [-0.2, -0.15) is 49.2 Å². The lowest BCUT2D eigenvalue weighted by Gasteiger charge is -2.27. The zero-order valence-corrected chi connectivity index (χ0v) is 63.4. The Morgan fingerprint density at radius 1 is 0.542 bits per heavy atom. The zero-order chi connectivity index (χ0) is 79.1. The first kappa shape index (κ1) is 87.6. The summed E-state index contributed by atoms with van der Waals surface area (Å²) >= 11 is 0. The highest BCUT2D eigenvalue weighted by Gasteiger charge is 2.45. The molecule has 0 saturated heterocycles. The molecule has 13 N–H and O–H groups in total. The molecule has 0 radical (unpaired) electrons. The van der Waals surface area contributed by atoms with E-state index in [9.17, 15) is 101 Å². The SMILES string of the molecule is CC1(C)C(/C=C/C2=C(Oc3ccc(S(=O)(=O)O)cc3)C(=C/C=C3/N(CCCCS(=O)(=O)O)c4ccc(S(=O)(=O)O)cc4C3(C)C)/CCC2)=[N+](CCCCCC(=O)NCCCCC(NC(=O)CCCCCCC(=O)NCCCC[C@H](NONC(CCC(=O)O)C(=O)O)C(=O)O)C(=O)O)c2ccc(S(=O)(=O)O)cc21. The molecular weight excluding hydrogens is 1480 g/mol. The summed E-state index contributed by atoms with van der Waals surface area (Å²) in [4.78, 5) is 89.6. The fourth-order valence-electron chi connectivity index (χ4n) is 12.8. The van der Waals surface area contributed by atoms with Crippen LogP contribution in [0.3, 0.4) is 0 Å². The summed E-state index contributed by atoms with van der Waals surface area (Å²) in [5, 5.41) is 45.5. The molecular formula is C71H98N7O25S4+.